The number of benzene rings is 2. The second-order valence-corrected chi connectivity index (χ2v) is 10.5. The highest BCUT2D eigenvalue weighted by Crippen LogP contribution is 2.39. The maximum absolute atomic E-state index is 12.3. The van der Waals surface area contributed by atoms with E-state index in [1.54, 1.807) is 13.0 Å². The number of likely N-dealkylation sites (tertiary alicyclic amines) is 1. The summed E-state index contributed by atoms with van der Waals surface area (Å²) in [6.45, 7) is 5.50. The number of amides is 2. The summed E-state index contributed by atoms with van der Waals surface area (Å²) < 4.78 is 29.6. The van der Waals surface area contributed by atoms with Crippen molar-refractivity contribution in [1.82, 2.24) is 10.2 Å². The lowest BCUT2D eigenvalue weighted by molar-refractivity contribution is -0.255. The van der Waals surface area contributed by atoms with Crippen molar-refractivity contribution in [2.75, 3.05) is 51.3 Å². The van der Waals surface area contributed by atoms with Gasteiger partial charge in [-0.15, -0.1) is 0 Å². The summed E-state index contributed by atoms with van der Waals surface area (Å²) in [4.78, 5) is 26.3. The zero-order valence-corrected chi connectivity index (χ0v) is 23.4. The zero-order chi connectivity index (χ0) is 28.7. The van der Waals surface area contributed by atoms with Crippen molar-refractivity contribution >= 4 is 17.7 Å². The SMILES string of the molecule is CCOC(=O)CNC(=O)Nc1cccc([C@H]2O[C@@H](CN3CCC4(CC3)OCCO4)C[C@@H](c3ccc(CO)cc3)O2)c1. The number of ether oxygens (including phenoxy) is 5. The Hall–Kier alpha value is -3.06. The van der Waals surface area contributed by atoms with Crippen molar-refractivity contribution in [3.05, 3.63) is 65.2 Å². The van der Waals surface area contributed by atoms with Crippen molar-refractivity contribution in [3.63, 3.8) is 0 Å². The molecule has 0 radical (unpaired) electrons. The topological polar surface area (TPSA) is 128 Å². The summed E-state index contributed by atoms with van der Waals surface area (Å²) in [5, 5.41) is 14.7. The van der Waals surface area contributed by atoms with Crippen LogP contribution < -0.4 is 10.6 Å². The molecular formula is C30H39N3O8. The number of rotatable bonds is 9. The van der Waals surface area contributed by atoms with Gasteiger partial charge in [0, 0.05) is 50.1 Å². The zero-order valence-electron chi connectivity index (χ0n) is 23.4. The Morgan fingerprint density at radius 1 is 1.05 bits per heavy atom. The second kappa shape index (κ2) is 13.7. The third-order valence-corrected chi connectivity index (χ3v) is 7.62. The molecule has 2 amide bonds. The Balaban J connectivity index is 1.26. The molecule has 0 saturated carbocycles. The van der Waals surface area contributed by atoms with Crippen LogP contribution in [-0.4, -0.2) is 79.9 Å². The van der Waals surface area contributed by atoms with E-state index in [9.17, 15) is 14.7 Å². The molecule has 11 nitrogen and oxygen atoms in total. The number of nitrogens with zero attached hydrogens (tertiary/aromatic N) is 1. The molecule has 222 valence electrons. The number of esters is 1. The Kier molecular flexibility index (Phi) is 9.86. The molecule has 11 heteroatoms. The van der Waals surface area contributed by atoms with E-state index in [-0.39, 0.29) is 32.0 Å². The summed E-state index contributed by atoms with van der Waals surface area (Å²) >= 11 is 0. The fraction of sp³-hybridized carbons (Fsp3) is 0.533. The molecule has 0 aromatic heterocycles. The van der Waals surface area contributed by atoms with Gasteiger partial charge in [-0.1, -0.05) is 36.4 Å². The summed E-state index contributed by atoms with van der Waals surface area (Å²) in [5.41, 5.74) is 3.16. The molecule has 0 aliphatic carbocycles. The molecule has 41 heavy (non-hydrogen) atoms. The van der Waals surface area contributed by atoms with E-state index < -0.39 is 24.1 Å². The van der Waals surface area contributed by atoms with E-state index >= 15 is 0 Å². The average Bonchev–Trinajstić information content (AvgIpc) is 3.45. The van der Waals surface area contributed by atoms with Crippen molar-refractivity contribution in [1.29, 1.82) is 0 Å². The van der Waals surface area contributed by atoms with Crippen molar-refractivity contribution in [2.45, 2.75) is 57.1 Å². The minimum Gasteiger partial charge on any atom is -0.465 e. The number of piperidine rings is 1. The third-order valence-electron chi connectivity index (χ3n) is 7.62. The predicted octanol–water partition coefficient (Wildman–Crippen LogP) is 3.25. The van der Waals surface area contributed by atoms with Crippen molar-refractivity contribution < 1.29 is 38.4 Å². The normalized spacial score (nSPS) is 24.2. The highest BCUT2D eigenvalue weighted by Gasteiger charge is 2.41. The van der Waals surface area contributed by atoms with Crippen LogP contribution in [0.4, 0.5) is 10.5 Å². The molecule has 3 aliphatic heterocycles. The van der Waals surface area contributed by atoms with Crippen LogP contribution in [0.3, 0.4) is 0 Å². The molecule has 2 aromatic rings. The number of hydrogen-bond acceptors (Lipinski definition) is 9. The Labute approximate surface area is 240 Å². The van der Waals surface area contributed by atoms with Gasteiger partial charge in [-0.2, -0.15) is 0 Å². The maximum Gasteiger partial charge on any atom is 0.325 e. The maximum atomic E-state index is 12.3. The Bertz CT molecular complexity index is 1160. The van der Waals surface area contributed by atoms with Crippen LogP contribution in [0.2, 0.25) is 0 Å². The van der Waals surface area contributed by atoms with Gasteiger partial charge in [0.2, 0.25) is 0 Å². The molecule has 3 heterocycles. The number of nitrogens with one attached hydrogen (secondary N) is 2. The predicted molar refractivity (Wildman–Crippen MR) is 149 cm³/mol. The third kappa shape index (κ3) is 7.82. The Morgan fingerprint density at radius 3 is 2.51 bits per heavy atom. The number of aliphatic hydroxyl groups excluding tert-OH is 1. The molecule has 0 unspecified atom stereocenters. The minimum atomic E-state index is -0.654. The quantitative estimate of drug-likeness (QED) is 0.390. The summed E-state index contributed by atoms with van der Waals surface area (Å²) in [5.74, 6) is -0.931. The van der Waals surface area contributed by atoms with E-state index in [1.165, 1.54) is 0 Å². The molecule has 1 spiro atoms. The van der Waals surface area contributed by atoms with Crippen LogP contribution >= 0.6 is 0 Å². The molecule has 3 fully saturated rings. The fourth-order valence-electron chi connectivity index (χ4n) is 5.49. The number of anilines is 1. The molecule has 3 saturated heterocycles. The largest absolute Gasteiger partial charge is 0.465 e. The lowest BCUT2D eigenvalue weighted by atomic mass is 9.98. The highest BCUT2D eigenvalue weighted by molar-refractivity contribution is 5.91. The van der Waals surface area contributed by atoms with Crippen LogP contribution in [-0.2, 0) is 35.1 Å². The van der Waals surface area contributed by atoms with Gasteiger partial charge >= 0.3 is 12.0 Å². The lowest BCUT2D eigenvalue weighted by Crippen LogP contribution is -2.48. The average molecular weight is 570 g/mol. The van der Waals surface area contributed by atoms with Crippen LogP contribution in [0.5, 0.6) is 0 Å². The van der Waals surface area contributed by atoms with E-state index in [4.69, 9.17) is 23.7 Å². The number of carbonyl (C=O) groups is 2. The second-order valence-electron chi connectivity index (χ2n) is 10.5. The van der Waals surface area contributed by atoms with Gasteiger partial charge in [0.15, 0.2) is 12.1 Å². The minimum absolute atomic E-state index is 0.0167. The summed E-state index contributed by atoms with van der Waals surface area (Å²) in [7, 11) is 0. The standard InChI is InChI=1S/C30H39N3O8/c1-2-37-27(35)18-31-29(36)32-24-5-3-4-23(16-24)28-40-25(17-26(41-28)22-8-6-21(20-34)7-9-22)19-33-12-10-30(11-13-33)38-14-15-39-30/h3-9,16,25-26,28,34H,2,10-15,17-20H2,1H3,(H2,31,32,36)/t25-,26+,28+/m1/s1. The van der Waals surface area contributed by atoms with Crippen LogP contribution in [0.25, 0.3) is 0 Å². The monoisotopic (exact) mass is 569 g/mol. The van der Waals surface area contributed by atoms with Crippen molar-refractivity contribution in [3.8, 4) is 0 Å². The number of carbonyl (C=O) groups excluding carboxylic acids is 2. The molecule has 3 N–H and O–H groups in total. The van der Waals surface area contributed by atoms with E-state index in [2.05, 4.69) is 15.5 Å². The molecule has 3 aliphatic rings. The molecular weight excluding hydrogens is 530 g/mol. The first-order chi connectivity index (χ1) is 19.9. The van der Waals surface area contributed by atoms with Crippen LogP contribution in [0.1, 0.15) is 55.3 Å². The van der Waals surface area contributed by atoms with Crippen LogP contribution in [0, 0.1) is 0 Å². The molecule has 3 atom stereocenters. The highest BCUT2D eigenvalue weighted by atomic mass is 16.7. The van der Waals surface area contributed by atoms with E-state index in [1.807, 2.05) is 42.5 Å². The van der Waals surface area contributed by atoms with Crippen molar-refractivity contribution in [2.24, 2.45) is 0 Å². The lowest BCUT2D eigenvalue weighted by Gasteiger charge is -2.41. The first-order valence-electron chi connectivity index (χ1n) is 14.3. The fourth-order valence-corrected chi connectivity index (χ4v) is 5.49. The number of hydrogen-bond donors (Lipinski definition) is 3. The number of aliphatic hydroxyl groups is 1. The van der Waals surface area contributed by atoms with Gasteiger partial charge in [-0.25, -0.2) is 4.79 Å². The summed E-state index contributed by atoms with van der Waals surface area (Å²) in [6.07, 6.45) is 1.37. The van der Waals surface area contributed by atoms with Gasteiger partial charge in [-0.05, 0) is 30.2 Å². The van der Waals surface area contributed by atoms with Gasteiger partial charge in [-0.3, -0.25) is 4.79 Å². The van der Waals surface area contributed by atoms with Gasteiger partial charge in [0.1, 0.15) is 6.54 Å². The Morgan fingerprint density at radius 2 is 1.80 bits per heavy atom. The number of urea groups is 1. The molecule has 5 rings (SSSR count). The van der Waals surface area contributed by atoms with E-state index in [0.717, 1.165) is 49.2 Å². The van der Waals surface area contributed by atoms with E-state index in [0.29, 0.717) is 25.3 Å². The van der Waals surface area contributed by atoms with Crippen LogP contribution in [0.15, 0.2) is 48.5 Å². The molecule has 0 bridgehead atoms. The van der Waals surface area contributed by atoms with Gasteiger partial charge in [0.05, 0.1) is 38.6 Å². The van der Waals surface area contributed by atoms with Gasteiger partial charge in [0.25, 0.3) is 0 Å². The van der Waals surface area contributed by atoms with Gasteiger partial charge < -0.3 is 44.3 Å². The summed E-state index contributed by atoms with van der Waals surface area (Å²) in [6, 6.07) is 14.6. The smallest absolute Gasteiger partial charge is 0.325 e. The first-order valence-corrected chi connectivity index (χ1v) is 14.3. The molecule has 2 aromatic carbocycles. The first kappa shape index (κ1) is 29.4.